The van der Waals surface area contributed by atoms with E-state index < -0.39 is 23.0 Å². The zero-order valence-corrected chi connectivity index (χ0v) is 10.4. The fourth-order valence-corrected chi connectivity index (χ4v) is 1.48. The highest BCUT2D eigenvalue weighted by atomic mass is 19.1. The summed E-state index contributed by atoms with van der Waals surface area (Å²) in [5, 5.41) is 21.4. The summed E-state index contributed by atoms with van der Waals surface area (Å²) in [6.07, 6.45) is 2.24. The van der Waals surface area contributed by atoms with Gasteiger partial charge in [0.05, 0.1) is 5.60 Å². The Morgan fingerprint density at radius 3 is 2.61 bits per heavy atom. The van der Waals surface area contributed by atoms with Crippen molar-refractivity contribution in [2.75, 3.05) is 11.9 Å². The summed E-state index contributed by atoms with van der Waals surface area (Å²) in [6, 6.07) is 1.09. The van der Waals surface area contributed by atoms with Crippen molar-refractivity contribution < 1.29 is 19.4 Å². The van der Waals surface area contributed by atoms with Gasteiger partial charge in [-0.05, 0) is 18.9 Å². The van der Waals surface area contributed by atoms with Crippen molar-refractivity contribution >= 4 is 11.8 Å². The molecule has 0 amide bonds. The van der Waals surface area contributed by atoms with Crippen molar-refractivity contribution in [2.45, 2.75) is 32.3 Å². The predicted octanol–water partition coefficient (Wildman–Crippen LogP) is 1.88. The van der Waals surface area contributed by atoms with Crippen LogP contribution in [0.5, 0.6) is 0 Å². The largest absolute Gasteiger partial charge is 0.478 e. The van der Waals surface area contributed by atoms with Gasteiger partial charge in [0.15, 0.2) is 11.6 Å². The van der Waals surface area contributed by atoms with E-state index in [1.807, 2.05) is 13.8 Å². The van der Waals surface area contributed by atoms with Crippen LogP contribution in [0.4, 0.5) is 10.2 Å². The molecule has 0 radical (unpaired) electrons. The number of halogens is 1. The van der Waals surface area contributed by atoms with Gasteiger partial charge in [-0.3, -0.25) is 0 Å². The SMILES string of the molecule is CCC(O)(CC)CNc1nccc(C(=O)O)c1F. The highest BCUT2D eigenvalue weighted by Crippen LogP contribution is 2.19. The second kappa shape index (κ2) is 5.77. The fraction of sp³-hybridized carbons (Fsp3) is 0.500. The van der Waals surface area contributed by atoms with Gasteiger partial charge in [0.2, 0.25) is 0 Å². The lowest BCUT2D eigenvalue weighted by Crippen LogP contribution is -2.35. The molecule has 3 N–H and O–H groups in total. The van der Waals surface area contributed by atoms with E-state index in [0.717, 1.165) is 6.07 Å². The number of nitrogens with one attached hydrogen (secondary N) is 1. The van der Waals surface area contributed by atoms with Gasteiger partial charge in [-0.15, -0.1) is 0 Å². The number of pyridine rings is 1. The summed E-state index contributed by atoms with van der Waals surface area (Å²) in [7, 11) is 0. The monoisotopic (exact) mass is 256 g/mol. The van der Waals surface area contributed by atoms with Crippen LogP contribution >= 0.6 is 0 Å². The highest BCUT2D eigenvalue weighted by molar-refractivity contribution is 5.88. The van der Waals surface area contributed by atoms with Gasteiger partial charge in [-0.2, -0.15) is 0 Å². The molecule has 0 spiro atoms. The quantitative estimate of drug-likeness (QED) is 0.724. The highest BCUT2D eigenvalue weighted by Gasteiger charge is 2.23. The molecular formula is C12H17FN2O3. The van der Waals surface area contributed by atoms with Crippen molar-refractivity contribution in [3.63, 3.8) is 0 Å². The zero-order chi connectivity index (χ0) is 13.8. The van der Waals surface area contributed by atoms with Crippen LogP contribution in [0, 0.1) is 5.82 Å². The second-order valence-corrected chi connectivity index (χ2v) is 4.11. The minimum absolute atomic E-state index is 0.118. The van der Waals surface area contributed by atoms with Crippen LogP contribution in [0.2, 0.25) is 0 Å². The number of anilines is 1. The smallest absolute Gasteiger partial charge is 0.338 e. The minimum Gasteiger partial charge on any atom is -0.478 e. The van der Waals surface area contributed by atoms with Gasteiger partial charge in [-0.25, -0.2) is 14.2 Å². The van der Waals surface area contributed by atoms with Crippen LogP contribution in [0.25, 0.3) is 0 Å². The van der Waals surface area contributed by atoms with E-state index in [9.17, 15) is 14.3 Å². The molecule has 0 atom stereocenters. The van der Waals surface area contributed by atoms with Crippen molar-refractivity contribution in [3.8, 4) is 0 Å². The van der Waals surface area contributed by atoms with E-state index in [-0.39, 0.29) is 12.4 Å². The fourth-order valence-electron chi connectivity index (χ4n) is 1.48. The molecule has 0 saturated carbocycles. The van der Waals surface area contributed by atoms with E-state index in [4.69, 9.17) is 5.11 Å². The maximum Gasteiger partial charge on any atom is 0.338 e. The summed E-state index contributed by atoms with van der Waals surface area (Å²) in [5.74, 6) is -2.42. The van der Waals surface area contributed by atoms with Crippen molar-refractivity contribution in [1.82, 2.24) is 4.98 Å². The van der Waals surface area contributed by atoms with Gasteiger partial charge in [0.1, 0.15) is 5.56 Å². The maximum atomic E-state index is 13.7. The average Bonchev–Trinajstić information content (AvgIpc) is 2.37. The van der Waals surface area contributed by atoms with E-state index in [2.05, 4.69) is 10.3 Å². The van der Waals surface area contributed by atoms with E-state index in [1.54, 1.807) is 0 Å². The second-order valence-electron chi connectivity index (χ2n) is 4.11. The third-order valence-electron chi connectivity index (χ3n) is 3.02. The average molecular weight is 256 g/mol. The third-order valence-corrected chi connectivity index (χ3v) is 3.02. The molecule has 1 rings (SSSR count). The lowest BCUT2D eigenvalue weighted by molar-refractivity contribution is 0.0455. The maximum absolute atomic E-state index is 13.7. The molecule has 0 fully saturated rings. The summed E-state index contributed by atoms with van der Waals surface area (Å²) >= 11 is 0. The Balaban J connectivity index is 2.86. The molecule has 0 unspecified atom stereocenters. The first-order valence-electron chi connectivity index (χ1n) is 5.77. The number of carbonyl (C=O) groups is 1. The molecule has 18 heavy (non-hydrogen) atoms. The molecule has 0 aliphatic heterocycles. The molecule has 0 bridgehead atoms. The Morgan fingerprint density at radius 2 is 2.11 bits per heavy atom. The lowest BCUT2D eigenvalue weighted by Gasteiger charge is -2.25. The molecular weight excluding hydrogens is 239 g/mol. The van der Waals surface area contributed by atoms with Crippen LogP contribution in [0.3, 0.4) is 0 Å². The summed E-state index contributed by atoms with van der Waals surface area (Å²) < 4.78 is 13.7. The molecule has 100 valence electrons. The van der Waals surface area contributed by atoms with E-state index >= 15 is 0 Å². The Bertz CT molecular complexity index is 433. The van der Waals surface area contributed by atoms with E-state index in [0.29, 0.717) is 12.8 Å². The lowest BCUT2D eigenvalue weighted by atomic mass is 9.98. The van der Waals surface area contributed by atoms with Crippen LogP contribution in [-0.4, -0.2) is 33.3 Å². The molecule has 0 aromatic carbocycles. The number of hydrogen-bond donors (Lipinski definition) is 3. The van der Waals surface area contributed by atoms with Crippen molar-refractivity contribution in [2.24, 2.45) is 0 Å². The number of rotatable bonds is 6. The van der Waals surface area contributed by atoms with Crippen LogP contribution < -0.4 is 5.32 Å². The first-order valence-corrected chi connectivity index (χ1v) is 5.77. The Labute approximate surface area is 105 Å². The number of carboxylic acids is 1. The Morgan fingerprint density at radius 1 is 1.50 bits per heavy atom. The molecule has 0 aliphatic carbocycles. The number of carboxylic acid groups (broad SMARTS) is 1. The molecule has 1 heterocycles. The van der Waals surface area contributed by atoms with Gasteiger partial charge in [0, 0.05) is 12.7 Å². The van der Waals surface area contributed by atoms with Gasteiger partial charge < -0.3 is 15.5 Å². The number of nitrogens with zero attached hydrogens (tertiary/aromatic N) is 1. The molecule has 6 heteroatoms. The van der Waals surface area contributed by atoms with Crippen LogP contribution in [-0.2, 0) is 0 Å². The zero-order valence-electron chi connectivity index (χ0n) is 10.4. The number of aromatic carboxylic acids is 1. The van der Waals surface area contributed by atoms with Crippen LogP contribution in [0.15, 0.2) is 12.3 Å². The summed E-state index contributed by atoms with van der Waals surface area (Å²) in [5.41, 5.74) is -1.39. The topological polar surface area (TPSA) is 82.5 Å². The summed E-state index contributed by atoms with van der Waals surface area (Å²) in [6.45, 7) is 3.76. The molecule has 1 aromatic rings. The third kappa shape index (κ3) is 3.16. The van der Waals surface area contributed by atoms with E-state index in [1.165, 1.54) is 6.20 Å². The minimum atomic E-state index is -1.35. The number of aromatic nitrogens is 1. The first kappa shape index (κ1) is 14.4. The first-order chi connectivity index (χ1) is 8.43. The standard InChI is InChI=1S/C12H17FN2O3/c1-3-12(18,4-2)7-15-10-9(13)8(11(16)17)5-6-14-10/h5-6,18H,3-4,7H2,1-2H3,(H,14,15)(H,16,17). The number of aliphatic hydroxyl groups is 1. The van der Waals surface area contributed by atoms with Crippen LogP contribution in [0.1, 0.15) is 37.0 Å². The predicted molar refractivity (Wildman–Crippen MR) is 65.2 cm³/mol. The molecule has 0 aliphatic rings. The molecule has 1 aromatic heterocycles. The van der Waals surface area contributed by atoms with Gasteiger partial charge in [0.25, 0.3) is 0 Å². The summed E-state index contributed by atoms with van der Waals surface area (Å²) in [4.78, 5) is 14.5. The normalized spacial score (nSPS) is 11.3. The van der Waals surface area contributed by atoms with Gasteiger partial charge in [-0.1, -0.05) is 13.8 Å². The van der Waals surface area contributed by atoms with Gasteiger partial charge >= 0.3 is 5.97 Å². The van der Waals surface area contributed by atoms with Crippen molar-refractivity contribution in [1.29, 1.82) is 0 Å². The Kier molecular flexibility index (Phi) is 4.61. The molecule has 0 saturated heterocycles. The molecule has 5 nitrogen and oxygen atoms in total. The van der Waals surface area contributed by atoms with Crippen molar-refractivity contribution in [3.05, 3.63) is 23.6 Å². The number of hydrogen-bond acceptors (Lipinski definition) is 4. The Hall–Kier alpha value is -1.69.